The maximum atomic E-state index is 5.15. The zero-order chi connectivity index (χ0) is 13.9. The van der Waals surface area contributed by atoms with Gasteiger partial charge in [0.2, 0.25) is 0 Å². The van der Waals surface area contributed by atoms with Crippen molar-refractivity contribution in [2.24, 2.45) is 0 Å². The van der Waals surface area contributed by atoms with Gasteiger partial charge in [0, 0.05) is 24.7 Å². The molecule has 0 saturated carbocycles. The largest absolute Gasteiger partial charge is 0.385 e. The van der Waals surface area contributed by atoms with Crippen LogP contribution in [0.4, 0.5) is 0 Å². The van der Waals surface area contributed by atoms with Crippen molar-refractivity contribution in [2.45, 2.75) is 44.0 Å². The quantitative estimate of drug-likeness (QED) is 0.511. The van der Waals surface area contributed by atoms with Crippen LogP contribution in [-0.4, -0.2) is 26.0 Å². The Morgan fingerprint density at radius 2 is 1.95 bits per heavy atom. The van der Waals surface area contributed by atoms with Crippen LogP contribution < -0.4 is 5.32 Å². The van der Waals surface area contributed by atoms with Gasteiger partial charge >= 0.3 is 0 Å². The van der Waals surface area contributed by atoms with Crippen molar-refractivity contribution in [1.29, 1.82) is 0 Å². The first-order chi connectivity index (χ1) is 9.31. The molecule has 1 N–H and O–H groups in total. The van der Waals surface area contributed by atoms with Crippen molar-refractivity contribution in [3.63, 3.8) is 0 Å². The van der Waals surface area contributed by atoms with Crippen molar-refractivity contribution in [2.75, 3.05) is 26.0 Å². The van der Waals surface area contributed by atoms with Crippen LogP contribution >= 0.6 is 11.8 Å². The van der Waals surface area contributed by atoms with Crippen LogP contribution in [-0.2, 0) is 4.74 Å². The highest BCUT2D eigenvalue weighted by Crippen LogP contribution is 2.23. The highest BCUT2D eigenvalue weighted by atomic mass is 32.2. The predicted molar refractivity (Wildman–Crippen MR) is 85.0 cm³/mol. The number of hydrogen-bond donors (Lipinski definition) is 1. The van der Waals surface area contributed by atoms with E-state index in [9.17, 15) is 0 Å². The number of ether oxygens (including phenoxy) is 1. The van der Waals surface area contributed by atoms with E-state index in [1.807, 2.05) is 11.8 Å². The number of hydrogen-bond acceptors (Lipinski definition) is 3. The summed E-state index contributed by atoms with van der Waals surface area (Å²) >= 11 is 1.89. The van der Waals surface area contributed by atoms with E-state index in [1.54, 1.807) is 7.11 Å². The maximum absolute atomic E-state index is 5.15. The van der Waals surface area contributed by atoms with Crippen molar-refractivity contribution < 1.29 is 4.74 Å². The molecule has 0 fully saturated rings. The van der Waals surface area contributed by atoms with Crippen molar-refractivity contribution in [3.05, 3.63) is 29.8 Å². The molecular formula is C16H27NOS. The summed E-state index contributed by atoms with van der Waals surface area (Å²) in [5.74, 6) is 1.13. The van der Waals surface area contributed by atoms with Crippen molar-refractivity contribution in [3.8, 4) is 0 Å². The third-order valence-corrected chi connectivity index (χ3v) is 3.97. The molecule has 0 aliphatic carbocycles. The Morgan fingerprint density at radius 3 is 2.53 bits per heavy atom. The van der Waals surface area contributed by atoms with E-state index < -0.39 is 0 Å². The Balaban J connectivity index is 2.60. The molecule has 1 aromatic carbocycles. The molecule has 2 nitrogen and oxygen atoms in total. The summed E-state index contributed by atoms with van der Waals surface area (Å²) in [6.45, 7) is 6.31. The molecule has 0 aliphatic rings. The van der Waals surface area contributed by atoms with E-state index in [4.69, 9.17) is 4.74 Å². The van der Waals surface area contributed by atoms with Gasteiger partial charge in [-0.15, -0.1) is 11.8 Å². The SMILES string of the molecule is CCCNC(CCCOC)c1ccc(SCC)cc1. The summed E-state index contributed by atoms with van der Waals surface area (Å²) < 4.78 is 5.15. The number of nitrogens with one attached hydrogen (secondary N) is 1. The van der Waals surface area contributed by atoms with Gasteiger partial charge in [-0.2, -0.15) is 0 Å². The van der Waals surface area contributed by atoms with Crippen molar-refractivity contribution in [1.82, 2.24) is 5.32 Å². The molecule has 0 heterocycles. The van der Waals surface area contributed by atoms with Gasteiger partial charge in [-0.25, -0.2) is 0 Å². The Kier molecular flexibility index (Phi) is 8.97. The lowest BCUT2D eigenvalue weighted by molar-refractivity contribution is 0.188. The van der Waals surface area contributed by atoms with Gasteiger partial charge in [0.05, 0.1) is 0 Å². The summed E-state index contributed by atoms with van der Waals surface area (Å²) in [5.41, 5.74) is 1.39. The lowest BCUT2D eigenvalue weighted by Gasteiger charge is -2.19. The Morgan fingerprint density at radius 1 is 1.21 bits per heavy atom. The highest BCUT2D eigenvalue weighted by molar-refractivity contribution is 7.99. The fourth-order valence-corrected chi connectivity index (χ4v) is 2.76. The molecule has 0 amide bonds. The second-order valence-corrected chi connectivity index (χ2v) is 5.98. The fraction of sp³-hybridized carbons (Fsp3) is 0.625. The lowest BCUT2D eigenvalue weighted by Crippen LogP contribution is -2.22. The van der Waals surface area contributed by atoms with Gasteiger partial charge in [0.15, 0.2) is 0 Å². The van der Waals surface area contributed by atoms with Gasteiger partial charge in [-0.1, -0.05) is 26.0 Å². The zero-order valence-electron chi connectivity index (χ0n) is 12.4. The third-order valence-electron chi connectivity index (χ3n) is 3.08. The molecule has 1 unspecified atom stereocenters. The Hall–Kier alpha value is -0.510. The first-order valence-corrected chi connectivity index (χ1v) is 8.25. The molecule has 1 atom stereocenters. The van der Waals surface area contributed by atoms with Crippen LogP contribution in [0, 0.1) is 0 Å². The molecule has 0 aliphatic heterocycles. The van der Waals surface area contributed by atoms with Crippen LogP contribution in [0.15, 0.2) is 29.2 Å². The first kappa shape index (κ1) is 16.5. The third kappa shape index (κ3) is 6.46. The van der Waals surface area contributed by atoms with E-state index >= 15 is 0 Å². The van der Waals surface area contributed by atoms with Gasteiger partial charge < -0.3 is 10.1 Å². The lowest BCUT2D eigenvalue weighted by atomic mass is 10.0. The first-order valence-electron chi connectivity index (χ1n) is 7.26. The molecule has 0 radical (unpaired) electrons. The van der Waals surface area contributed by atoms with Crippen LogP contribution in [0.3, 0.4) is 0 Å². The minimum atomic E-state index is 0.454. The fourth-order valence-electron chi connectivity index (χ4n) is 2.10. The zero-order valence-corrected chi connectivity index (χ0v) is 13.3. The number of rotatable bonds is 10. The van der Waals surface area contributed by atoms with E-state index in [-0.39, 0.29) is 0 Å². The predicted octanol–water partition coefficient (Wildman–Crippen LogP) is 4.27. The molecule has 3 heteroatoms. The Labute approximate surface area is 122 Å². The number of benzene rings is 1. The van der Waals surface area contributed by atoms with E-state index in [0.29, 0.717) is 6.04 Å². The molecule has 0 saturated heterocycles. The Bertz CT molecular complexity index is 326. The molecule has 0 aromatic heterocycles. The molecule has 0 spiro atoms. The molecular weight excluding hydrogens is 254 g/mol. The molecule has 1 aromatic rings. The van der Waals surface area contributed by atoms with Gasteiger partial charge in [-0.05, 0) is 49.3 Å². The summed E-state index contributed by atoms with van der Waals surface area (Å²) in [4.78, 5) is 1.36. The van der Waals surface area contributed by atoms with Gasteiger partial charge in [0.25, 0.3) is 0 Å². The average Bonchev–Trinajstić information content (AvgIpc) is 2.44. The monoisotopic (exact) mass is 281 g/mol. The molecule has 1 rings (SSSR count). The molecule has 19 heavy (non-hydrogen) atoms. The van der Waals surface area contributed by atoms with E-state index in [0.717, 1.165) is 31.7 Å². The minimum Gasteiger partial charge on any atom is -0.385 e. The van der Waals surface area contributed by atoms with E-state index in [1.165, 1.54) is 16.9 Å². The second-order valence-electron chi connectivity index (χ2n) is 4.64. The number of methoxy groups -OCH3 is 1. The van der Waals surface area contributed by atoms with Gasteiger partial charge in [-0.3, -0.25) is 0 Å². The van der Waals surface area contributed by atoms with Crippen LogP contribution in [0.1, 0.15) is 44.7 Å². The highest BCUT2D eigenvalue weighted by Gasteiger charge is 2.10. The van der Waals surface area contributed by atoms with Crippen LogP contribution in [0.2, 0.25) is 0 Å². The minimum absolute atomic E-state index is 0.454. The molecule has 0 bridgehead atoms. The normalized spacial score (nSPS) is 12.6. The van der Waals surface area contributed by atoms with Crippen LogP contribution in [0.25, 0.3) is 0 Å². The standard InChI is InChI=1S/C16H27NOS/c1-4-12-17-16(7-6-13-18-3)14-8-10-15(11-9-14)19-5-2/h8-11,16-17H,4-7,12-13H2,1-3H3. The average molecular weight is 281 g/mol. The summed E-state index contributed by atoms with van der Waals surface area (Å²) in [7, 11) is 1.77. The smallest absolute Gasteiger partial charge is 0.0462 e. The summed E-state index contributed by atoms with van der Waals surface area (Å²) in [6, 6.07) is 9.45. The van der Waals surface area contributed by atoms with Crippen molar-refractivity contribution >= 4 is 11.8 Å². The summed E-state index contributed by atoms with van der Waals surface area (Å²) in [5, 5.41) is 3.63. The summed E-state index contributed by atoms with van der Waals surface area (Å²) in [6.07, 6.45) is 3.40. The second kappa shape index (κ2) is 10.3. The van der Waals surface area contributed by atoms with Gasteiger partial charge in [0.1, 0.15) is 0 Å². The maximum Gasteiger partial charge on any atom is 0.0462 e. The van der Waals surface area contributed by atoms with E-state index in [2.05, 4.69) is 43.4 Å². The van der Waals surface area contributed by atoms with Crippen LogP contribution in [0.5, 0.6) is 0 Å². The molecule has 108 valence electrons. The number of thioether (sulfide) groups is 1. The topological polar surface area (TPSA) is 21.3 Å².